The summed E-state index contributed by atoms with van der Waals surface area (Å²) in [6.07, 6.45) is 3.52. The Labute approximate surface area is 182 Å². The lowest BCUT2D eigenvalue weighted by molar-refractivity contribution is -0.131. The minimum Gasteiger partial charge on any atom is -0.382 e. The highest BCUT2D eigenvalue weighted by molar-refractivity contribution is 7.89. The maximum atomic E-state index is 13.3. The molecule has 0 spiro atoms. The number of ether oxygens (including phenoxy) is 3. The van der Waals surface area contributed by atoms with E-state index in [2.05, 4.69) is 10.3 Å². The van der Waals surface area contributed by atoms with Crippen LogP contribution in [0.4, 0.5) is 0 Å². The van der Waals surface area contributed by atoms with Crippen molar-refractivity contribution in [2.75, 3.05) is 47.1 Å². The van der Waals surface area contributed by atoms with E-state index in [0.717, 1.165) is 10.9 Å². The number of carbonyl (C=O) groups excluding carboxylic acids is 1. The number of nitrogens with one attached hydrogen (secondary N) is 1. The summed E-state index contributed by atoms with van der Waals surface area (Å²) in [7, 11) is -0.609. The van der Waals surface area contributed by atoms with Crippen LogP contribution in [-0.2, 0) is 29.0 Å². The van der Waals surface area contributed by atoms with Gasteiger partial charge in [-0.1, -0.05) is 12.1 Å². The molecule has 1 N–H and O–H groups in total. The zero-order chi connectivity index (χ0) is 22.4. The average molecular weight is 452 g/mol. The van der Waals surface area contributed by atoms with Crippen molar-refractivity contribution in [2.45, 2.75) is 30.4 Å². The highest BCUT2D eigenvalue weighted by Gasteiger charge is 2.34. The van der Waals surface area contributed by atoms with Crippen LogP contribution in [0.5, 0.6) is 0 Å². The molecule has 31 heavy (non-hydrogen) atoms. The Morgan fingerprint density at radius 1 is 1.26 bits per heavy atom. The molecule has 9 nitrogen and oxygen atoms in total. The van der Waals surface area contributed by atoms with Crippen molar-refractivity contribution in [3.63, 3.8) is 0 Å². The highest BCUT2D eigenvalue weighted by atomic mass is 32.2. The van der Waals surface area contributed by atoms with Gasteiger partial charge in [0.05, 0.1) is 18.1 Å². The van der Waals surface area contributed by atoms with Gasteiger partial charge < -0.3 is 19.5 Å². The number of sulfonamides is 1. The summed E-state index contributed by atoms with van der Waals surface area (Å²) < 4.78 is 43.7. The number of amides is 1. The fraction of sp³-hybridized carbons (Fsp3) is 0.524. The molecule has 1 amide bonds. The predicted octanol–water partition coefficient (Wildman–Crippen LogP) is 1.10. The minimum atomic E-state index is -3.71. The summed E-state index contributed by atoms with van der Waals surface area (Å²) >= 11 is 0. The van der Waals surface area contributed by atoms with Crippen molar-refractivity contribution in [1.29, 1.82) is 0 Å². The van der Waals surface area contributed by atoms with Crippen LogP contribution < -0.4 is 5.32 Å². The van der Waals surface area contributed by atoms with Crippen LogP contribution >= 0.6 is 0 Å². The second-order valence-electron chi connectivity index (χ2n) is 7.57. The van der Waals surface area contributed by atoms with Crippen molar-refractivity contribution in [3.8, 4) is 0 Å². The number of pyridine rings is 1. The van der Waals surface area contributed by atoms with Gasteiger partial charge in [-0.2, -0.15) is 4.31 Å². The fourth-order valence-corrected chi connectivity index (χ4v) is 5.56. The molecule has 3 rings (SSSR count). The van der Waals surface area contributed by atoms with E-state index in [1.807, 2.05) is 13.0 Å². The second kappa shape index (κ2) is 10.5. The van der Waals surface area contributed by atoms with Crippen molar-refractivity contribution in [3.05, 3.63) is 36.2 Å². The van der Waals surface area contributed by atoms with Crippen LogP contribution in [0.2, 0.25) is 0 Å². The first-order valence-corrected chi connectivity index (χ1v) is 11.5. The summed E-state index contributed by atoms with van der Waals surface area (Å²) in [6, 6.07) is 4.92. The number of nitrogens with zero attached hydrogens (tertiary/aromatic N) is 2. The molecule has 2 aromatic rings. The van der Waals surface area contributed by atoms with Crippen LogP contribution in [0.1, 0.15) is 12.0 Å². The highest BCUT2D eigenvalue weighted by Crippen LogP contribution is 2.29. The first kappa shape index (κ1) is 23.6. The zero-order valence-electron chi connectivity index (χ0n) is 18.0. The molecule has 0 radical (unpaired) electrons. The van der Waals surface area contributed by atoms with E-state index in [4.69, 9.17) is 14.2 Å². The van der Waals surface area contributed by atoms with Crippen molar-refractivity contribution >= 4 is 26.7 Å². The Hall–Kier alpha value is -2.11. The van der Waals surface area contributed by atoms with Crippen LogP contribution in [0, 0.1) is 6.92 Å². The lowest BCUT2D eigenvalue weighted by Crippen LogP contribution is -2.41. The number of rotatable bonds is 10. The van der Waals surface area contributed by atoms with Gasteiger partial charge in [0, 0.05) is 56.5 Å². The largest absolute Gasteiger partial charge is 0.382 e. The number of aryl methyl sites for hydroxylation is 1. The molecule has 0 aliphatic carbocycles. The number of carbonyl (C=O) groups is 1. The summed E-state index contributed by atoms with van der Waals surface area (Å²) in [4.78, 5) is 16.7. The van der Waals surface area contributed by atoms with Gasteiger partial charge in [0.15, 0.2) is 0 Å². The third-order valence-corrected chi connectivity index (χ3v) is 7.13. The molecule has 1 aromatic carbocycles. The topological polar surface area (TPSA) is 107 Å². The van der Waals surface area contributed by atoms with Gasteiger partial charge in [0.2, 0.25) is 15.9 Å². The molecule has 2 heterocycles. The standard InChI is InChI=1S/C21H29N3O6S/c1-15-9-22-10-16-5-4-6-19(21(15)16)31(26,27)24-8-7-17(11-24)23-20(25)14-30-18(12-28-2)13-29-3/h4-6,9-10,17-18H,7-8,11-14H2,1-3H3,(H,23,25)/t17-/m1/s1. The van der Waals surface area contributed by atoms with E-state index in [1.54, 1.807) is 38.7 Å². The van der Waals surface area contributed by atoms with E-state index in [-0.39, 0.29) is 36.1 Å². The van der Waals surface area contributed by atoms with Crippen LogP contribution in [0.3, 0.4) is 0 Å². The Bertz CT molecular complexity index is 1000. The molecule has 1 aliphatic rings. The van der Waals surface area contributed by atoms with Crippen LogP contribution in [-0.4, -0.2) is 82.9 Å². The van der Waals surface area contributed by atoms with E-state index < -0.39 is 10.0 Å². The van der Waals surface area contributed by atoms with E-state index in [1.165, 1.54) is 4.31 Å². The first-order chi connectivity index (χ1) is 14.9. The van der Waals surface area contributed by atoms with Gasteiger partial charge in [-0.25, -0.2) is 8.42 Å². The Balaban J connectivity index is 1.64. The molecule has 1 aromatic heterocycles. The number of hydrogen-bond acceptors (Lipinski definition) is 7. The molecule has 0 saturated carbocycles. The van der Waals surface area contributed by atoms with Crippen molar-refractivity contribution in [2.24, 2.45) is 0 Å². The molecule has 1 atom stereocenters. The summed E-state index contributed by atoms with van der Waals surface area (Å²) in [6.45, 7) is 2.89. The lowest BCUT2D eigenvalue weighted by Gasteiger charge is -2.19. The number of fused-ring (bicyclic) bond motifs is 1. The number of aromatic nitrogens is 1. The Kier molecular flexibility index (Phi) is 7.95. The fourth-order valence-electron chi connectivity index (χ4n) is 3.77. The molecular weight excluding hydrogens is 422 g/mol. The van der Waals surface area contributed by atoms with Gasteiger partial charge in [0.1, 0.15) is 12.7 Å². The van der Waals surface area contributed by atoms with Gasteiger partial charge in [-0.3, -0.25) is 9.78 Å². The average Bonchev–Trinajstić information content (AvgIpc) is 3.21. The van der Waals surface area contributed by atoms with E-state index in [0.29, 0.717) is 31.6 Å². The maximum absolute atomic E-state index is 13.3. The van der Waals surface area contributed by atoms with Gasteiger partial charge in [-0.05, 0) is 25.0 Å². The first-order valence-electron chi connectivity index (χ1n) is 10.1. The molecule has 0 unspecified atom stereocenters. The lowest BCUT2D eigenvalue weighted by atomic mass is 10.1. The van der Waals surface area contributed by atoms with Gasteiger partial charge >= 0.3 is 0 Å². The minimum absolute atomic E-state index is 0.143. The van der Waals surface area contributed by atoms with Gasteiger partial charge in [0.25, 0.3) is 0 Å². The molecule has 1 aliphatic heterocycles. The molecular formula is C21H29N3O6S. The van der Waals surface area contributed by atoms with Crippen LogP contribution in [0.15, 0.2) is 35.5 Å². The van der Waals surface area contributed by atoms with Crippen molar-refractivity contribution < 1.29 is 27.4 Å². The predicted molar refractivity (Wildman–Crippen MR) is 115 cm³/mol. The SMILES string of the molecule is COCC(COC)OCC(=O)N[C@@H]1CCN(S(=O)(=O)c2cccc3cncc(C)c23)C1. The molecule has 1 fully saturated rings. The van der Waals surface area contributed by atoms with E-state index >= 15 is 0 Å². The second-order valence-corrected chi connectivity index (χ2v) is 9.48. The third-order valence-electron chi connectivity index (χ3n) is 5.22. The molecule has 1 saturated heterocycles. The number of hydrogen-bond donors (Lipinski definition) is 1. The number of benzene rings is 1. The zero-order valence-corrected chi connectivity index (χ0v) is 18.9. The molecule has 170 valence electrons. The van der Waals surface area contributed by atoms with Crippen molar-refractivity contribution in [1.82, 2.24) is 14.6 Å². The smallest absolute Gasteiger partial charge is 0.246 e. The Morgan fingerprint density at radius 2 is 2.00 bits per heavy atom. The number of methoxy groups -OCH3 is 2. The van der Waals surface area contributed by atoms with Crippen LogP contribution in [0.25, 0.3) is 10.8 Å². The normalized spacial score (nSPS) is 17.5. The quantitative estimate of drug-likeness (QED) is 0.576. The van der Waals surface area contributed by atoms with Gasteiger partial charge in [-0.15, -0.1) is 0 Å². The Morgan fingerprint density at radius 3 is 2.71 bits per heavy atom. The summed E-state index contributed by atoms with van der Waals surface area (Å²) in [5.74, 6) is -0.298. The monoisotopic (exact) mass is 451 g/mol. The molecule has 10 heteroatoms. The maximum Gasteiger partial charge on any atom is 0.246 e. The molecule has 0 bridgehead atoms. The summed E-state index contributed by atoms with van der Waals surface area (Å²) in [5, 5.41) is 4.32. The third kappa shape index (κ3) is 5.58. The summed E-state index contributed by atoms with van der Waals surface area (Å²) in [5.41, 5.74) is 0.805. The van der Waals surface area contributed by atoms with E-state index in [9.17, 15) is 13.2 Å².